The number of phenols is 2. The van der Waals surface area contributed by atoms with E-state index in [0.29, 0.717) is 0 Å². The number of nitrogens with one attached hydrogen (secondary N) is 1. The molecule has 0 atom stereocenters. The third-order valence-corrected chi connectivity index (χ3v) is 2.73. The molecule has 13 heavy (non-hydrogen) atoms. The zero-order valence-corrected chi connectivity index (χ0v) is 7.54. The van der Waals surface area contributed by atoms with Gasteiger partial charge in [0.25, 0.3) is 0 Å². The number of rotatable bonds is 2. The third kappa shape index (κ3) is 1.25. The summed E-state index contributed by atoms with van der Waals surface area (Å²) in [6, 6.07) is 4.76. The molecule has 3 N–H and O–H groups in total. The third-order valence-electron chi connectivity index (χ3n) is 2.73. The molecule has 3 nitrogen and oxygen atoms in total. The second-order valence-corrected chi connectivity index (χ2v) is 3.53. The van der Waals surface area contributed by atoms with E-state index in [1.807, 2.05) is 7.05 Å². The first kappa shape index (κ1) is 8.38. The van der Waals surface area contributed by atoms with Crippen LogP contribution >= 0.6 is 0 Å². The Balaban J connectivity index is 2.41. The summed E-state index contributed by atoms with van der Waals surface area (Å²) in [6.07, 6.45) is 2.09. The molecule has 1 aliphatic carbocycles. The Labute approximate surface area is 77.0 Å². The molecular weight excluding hydrogens is 166 g/mol. The molecule has 0 radical (unpaired) electrons. The monoisotopic (exact) mass is 179 g/mol. The molecule has 0 amide bonds. The first-order chi connectivity index (χ1) is 6.18. The lowest BCUT2D eigenvalue weighted by molar-refractivity contribution is 0.433. The van der Waals surface area contributed by atoms with E-state index in [2.05, 4.69) is 5.32 Å². The van der Waals surface area contributed by atoms with Crippen LogP contribution in [0, 0.1) is 0 Å². The van der Waals surface area contributed by atoms with Gasteiger partial charge in [-0.05, 0) is 32.0 Å². The number of aromatic hydroxyl groups is 2. The van der Waals surface area contributed by atoms with Crippen LogP contribution in [0.4, 0.5) is 0 Å². The molecule has 0 aromatic heterocycles. The standard InChI is InChI=1S/C10H13NO2/c1-11-10(4-5-10)8-3-2-7(12)6-9(8)13/h2-3,6,11-13H,4-5H2,1H3. The van der Waals surface area contributed by atoms with Gasteiger partial charge in [-0.1, -0.05) is 0 Å². The van der Waals surface area contributed by atoms with E-state index in [9.17, 15) is 5.11 Å². The molecule has 0 heterocycles. The summed E-state index contributed by atoms with van der Waals surface area (Å²) < 4.78 is 0. The molecule has 0 bridgehead atoms. The number of hydrogen-bond acceptors (Lipinski definition) is 3. The van der Waals surface area contributed by atoms with Gasteiger partial charge in [0, 0.05) is 17.2 Å². The maximum absolute atomic E-state index is 9.60. The molecule has 1 aromatic carbocycles. The van der Waals surface area contributed by atoms with Gasteiger partial charge in [0.05, 0.1) is 0 Å². The van der Waals surface area contributed by atoms with E-state index in [1.165, 1.54) is 6.07 Å². The Morgan fingerprint density at radius 2 is 2.00 bits per heavy atom. The topological polar surface area (TPSA) is 52.5 Å². The van der Waals surface area contributed by atoms with Crippen molar-refractivity contribution >= 4 is 0 Å². The highest BCUT2D eigenvalue weighted by Gasteiger charge is 2.44. The maximum Gasteiger partial charge on any atom is 0.124 e. The molecule has 0 spiro atoms. The summed E-state index contributed by atoms with van der Waals surface area (Å²) in [5.74, 6) is 0.278. The Hall–Kier alpha value is -1.22. The smallest absolute Gasteiger partial charge is 0.124 e. The molecule has 1 aliphatic rings. The van der Waals surface area contributed by atoms with Gasteiger partial charge in [0.15, 0.2) is 0 Å². The first-order valence-electron chi connectivity index (χ1n) is 4.39. The second-order valence-electron chi connectivity index (χ2n) is 3.53. The highest BCUT2D eigenvalue weighted by Crippen LogP contribution is 2.48. The Morgan fingerprint density at radius 1 is 1.31 bits per heavy atom. The molecule has 1 aromatic rings. The van der Waals surface area contributed by atoms with Crippen LogP contribution < -0.4 is 5.32 Å². The van der Waals surface area contributed by atoms with Gasteiger partial charge in [0.1, 0.15) is 11.5 Å². The van der Waals surface area contributed by atoms with Gasteiger partial charge in [-0.25, -0.2) is 0 Å². The van der Waals surface area contributed by atoms with Crippen molar-refractivity contribution in [1.82, 2.24) is 5.32 Å². The summed E-state index contributed by atoms with van der Waals surface area (Å²) in [6.45, 7) is 0. The average Bonchev–Trinajstić information content (AvgIpc) is 2.85. The maximum atomic E-state index is 9.60. The van der Waals surface area contributed by atoms with Crippen molar-refractivity contribution < 1.29 is 10.2 Å². The molecule has 2 rings (SSSR count). The van der Waals surface area contributed by atoms with Crippen molar-refractivity contribution in [2.45, 2.75) is 18.4 Å². The summed E-state index contributed by atoms with van der Waals surface area (Å²) in [4.78, 5) is 0. The Bertz CT molecular complexity index is 332. The largest absolute Gasteiger partial charge is 0.508 e. The van der Waals surface area contributed by atoms with Crippen molar-refractivity contribution in [1.29, 1.82) is 0 Å². The van der Waals surface area contributed by atoms with Crippen molar-refractivity contribution in [2.75, 3.05) is 7.05 Å². The SMILES string of the molecule is CNC1(c2ccc(O)cc2O)CC1. The fourth-order valence-corrected chi connectivity index (χ4v) is 1.70. The number of benzene rings is 1. The van der Waals surface area contributed by atoms with Crippen LogP contribution in [0.15, 0.2) is 18.2 Å². The number of hydrogen-bond donors (Lipinski definition) is 3. The molecular formula is C10H13NO2. The van der Waals surface area contributed by atoms with Gasteiger partial charge in [-0.3, -0.25) is 0 Å². The molecule has 1 saturated carbocycles. The summed E-state index contributed by atoms with van der Waals surface area (Å²) >= 11 is 0. The lowest BCUT2D eigenvalue weighted by Gasteiger charge is -2.15. The molecule has 0 saturated heterocycles. The van der Waals surface area contributed by atoms with Crippen molar-refractivity contribution in [3.05, 3.63) is 23.8 Å². The molecule has 1 fully saturated rings. The van der Waals surface area contributed by atoms with E-state index >= 15 is 0 Å². The predicted molar refractivity (Wildman–Crippen MR) is 49.7 cm³/mol. The normalized spacial score (nSPS) is 18.5. The lowest BCUT2D eigenvalue weighted by Crippen LogP contribution is -2.24. The molecule has 70 valence electrons. The van der Waals surface area contributed by atoms with E-state index in [1.54, 1.807) is 12.1 Å². The quantitative estimate of drug-likeness (QED) is 0.641. The molecule has 0 aliphatic heterocycles. The van der Waals surface area contributed by atoms with Crippen LogP contribution in [-0.4, -0.2) is 17.3 Å². The van der Waals surface area contributed by atoms with Crippen LogP contribution in [0.2, 0.25) is 0 Å². The van der Waals surface area contributed by atoms with Crippen molar-refractivity contribution in [3.8, 4) is 11.5 Å². The van der Waals surface area contributed by atoms with Gasteiger partial charge in [-0.2, -0.15) is 0 Å². The van der Waals surface area contributed by atoms with E-state index in [4.69, 9.17) is 5.11 Å². The van der Waals surface area contributed by atoms with Crippen molar-refractivity contribution in [3.63, 3.8) is 0 Å². The van der Waals surface area contributed by atoms with E-state index in [0.717, 1.165) is 18.4 Å². The molecule has 0 unspecified atom stereocenters. The van der Waals surface area contributed by atoms with Crippen LogP contribution in [0.25, 0.3) is 0 Å². The lowest BCUT2D eigenvalue weighted by atomic mass is 10.0. The summed E-state index contributed by atoms with van der Waals surface area (Å²) in [7, 11) is 1.89. The van der Waals surface area contributed by atoms with E-state index < -0.39 is 0 Å². The van der Waals surface area contributed by atoms with Crippen LogP contribution in [0.5, 0.6) is 11.5 Å². The minimum atomic E-state index is -0.0439. The highest BCUT2D eigenvalue weighted by molar-refractivity contribution is 5.45. The zero-order chi connectivity index (χ0) is 9.47. The van der Waals surface area contributed by atoms with E-state index in [-0.39, 0.29) is 17.0 Å². The molecule has 3 heteroatoms. The Morgan fingerprint density at radius 3 is 2.46 bits per heavy atom. The minimum absolute atomic E-state index is 0.0439. The minimum Gasteiger partial charge on any atom is -0.508 e. The predicted octanol–water partition coefficient (Wildman–Crippen LogP) is 1.31. The fourth-order valence-electron chi connectivity index (χ4n) is 1.70. The van der Waals surface area contributed by atoms with Gasteiger partial charge in [0.2, 0.25) is 0 Å². The summed E-state index contributed by atoms with van der Waals surface area (Å²) in [5.41, 5.74) is 0.838. The highest BCUT2D eigenvalue weighted by atomic mass is 16.3. The number of phenolic OH excluding ortho intramolecular Hbond substituents is 2. The fraction of sp³-hybridized carbons (Fsp3) is 0.400. The van der Waals surface area contributed by atoms with Crippen molar-refractivity contribution in [2.24, 2.45) is 0 Å². The van der Waals surface area contributed by atoms with Gasteiger partial charge >= 0.3 is 0 Å². The van der Waals surface area contributed by atoms with Crippen LogP contribution in [-0.2, 0) is 5.54 Å². The first-order valence-corrected chi connectivity index (χ1v) is 4.39. The average molecular weight is 179 g/mol. The summed E-state index contributed by atoms with van der Waals surface area (Å²) in [5, 5.41) is 21.9. The Kier molecular flexibility index (Phi) is 1.70. The van der Waals surface area contributed by atoms with Crippen LogP contribution in [0.1, 0.15) is 18.4 Å². The van der Waals surface area contributed by atoms with Gasteiger partial charge in [-0.15, -0.1) is 0 Å². The van der Waals surface area contributed by atoms with Gasteiger partial charge < -0.3 is 15.5 Å². The second kappa shape index (κ2) is 2.64. The zero-order valence-electron chi connectivity index (χ0n) is 7.54. The van der Waals surface area contributed by atoms with Crippen LogP contribution in [0.3, 0.4) is 0 Å².